The summed E-state index contributed by atoms with van der Waals surface area (Å²) in [5.74, 6) is 0.194. The summed E-state index contributed by atoms with van der Waals surface area (Å²) < 4.78 is 1.68. The molecule has 1 N–H and O–H groups in total. The molecule has 2 aliphatic rings. The number of nitrogens with zero attached hydrogens (tertiary/aromatic N) is 5. The van der Waals surface area contributed by atoms with E-state index in [-0.39, 0.29) is 11.8 Å². The van der Waals surface area contributed by atoms with Crippen LogP contribution in [0.4, 0.5) is 0 Å². The minimum atomic E-state index is 0.0695. The Bertz CT molecular complexity index is 1110. The Morgan fingerprint density at radius 1 is 1.10 bits per heavy atom. The largest absolute Gasteiger partial charge is 0.351 e. The van der Waals surface area contributed by atoms with Crippen molar-refractivity contribution in [3.05, 3.63) is 54.0 Å². The maximum absolute atomic E-state index is 12.6. The first kappa shape index (κ1) is 18.6. The van der Waals surface area contributed by atoms with Crippen molar-refractivity contribution in [3.8, 4) is 0 Å². The van der Waals surface area contributed by atoms with Crippen LogP contribution in [0.3, 0.4) is 0 Å². The second-order valence-corrected chi connectivity index (χ2v) is 7.88. The second-order valence-electron chi connectivity index (χ2n) is 7.88. The van der Waals surface area contributed by atoms with Gasteiger partial charge in [-0.2, -0.15) is 0 Å². The molecule has 0 bridgehead atoms. The lowest BCUT2D eigenvalue weighted by Crippen LogP contribution is -2.42. The van der Waals surface area contributed by atoms with Crippen molar-refractivity contribution in [1.29, 1.82) is 0 Å². The molecule has 0 saturated carbocycles. The average molecular weight is 404 g/mol. The highest BCUT2D eigenvalue weighted by atomic mass is 16.2. The zero-order valence-electron chi connectivity index (χ0n) is 16.8. The van der Waals surface area contributed by atoms with E-state index >= 15 is 0 Å². The predicted molar refractivity (Wildman–Crippen MR) is 113 cm³/mol. The molecule has 8 nitrogen and oxygen atoms in total. The van der Waals surface area contributed by atoms with Crippen molar-refractivity contribution >= 4 is 28.3 Å². The van der Waals surface area contributed by atoms with E-state index in [4.69, 9.17) is 0 Å². The summed E-state index contributed by atoms with van der Waals surface area (Å²) in [5, 5.41) is 8.71. The summed E-state index contributed by atoms with van der Waals surface area (Å²) in [7, 11) is 0. The molecular weight excluding hydrogens is 380 g/mol. The molecule has 2 aromatic heterocycles. The SMILES string of the molecule is O=C(CCn1ccnn1)N1CCC=C(c2ccc3cc(C(=O)N4CCC4)[nH]c3c2)C1. The summed E-state index contributed by atoms with van der Waals surface area (Å²) >= 11 is 0. The van der Waals surface area contributed by atoms with Crippen LogP contribution in [0, 0.1) is 0 Å². The number of H-pyrrole nitrogens is 1. The van der Waals surface area contributed by atoms with E-state index in [0.29, 0.717) is 25.2 Å². The molecule has 1 saturated heterocycles. The number of nitrogens with one attached hydrogen (secondary N) is 1. The maximum Gasteiger partial charge on any atom is 0.270 e. The first-order valence-electron chi connectivity index (χ1n) is 10.4. The van der Waals surface area contributed by atoms with Gasteiger partial charge in [-0.1, -0.05) is 23.4 Å². The van der Waals surface area contributed by atoms with Gasteiger partial charge in [0.2, 0.25) is 5.91 Å². The molecule has 2 aliphatic heterocycles. The monoisotopic (exact) mass is 404 g/mol. The number of amides is 2. The molecule has 3 aromatic rings. The highest BCUT2D eigenvalue weighted by Crippen LogP contribution is 2.26. The fraction of sp³-hybridized carbons (Fsp3) is 0.364. The number of carbonyl (C=O) groups is 2. The summed E-state index contributed by atoms with van der Waals surface area (Å²) in [6.45, 7) is 3.55. The molecule has 0 atom stereocenters. The Kier molecular flexibility index (Phi) is 4.82. The molecule has 30 heavy (non-hydrogen) atoms. The van der Waals surface area contributed by atoms with Crippen molar-refractivity contribution in [2.45, 2.75) is 25.8 Å². The zero-order chi connectivity index (χ0) is 20.5. The first-order valence-corrected chi connectivity index (χ1v) is 10.4. The van der Waals surface area contributed by atoms with Gasteiger partial charge in [0, 0.05) is 49.7 Å². The Morgan fingerprint density at radius 3 is 2.77 bits per heavy atom. The fourth-order valence-corrected chi connectivity index (χ4v) is 4.02. The lowest BCUT2D eigenvalue weighted by Gasteiger charge is -2.30. The van der Waals surface area contributed by atoms with Crippen LogP contribution >= 0.6 is 0 Å². The van der Waals surface area contributed by atoms with E-state index in [0.717, 1.165) is 54.5 Å². The summed E-state index contributed by atoms with van der Waals surface area (Å²) in [6.07, 6.45) is 7.92. The number of aromatic amines is 1. The molecular formula is C22H24N6O2. The number of benzene rings is 1. The average Bonchev–Trinajstić information content (AvgIpc) is 3.40. The molecule has 0 spiro atoms. The smallest absolute Gasteiger partial charge is 0.270 e. The number of aromatic nitrogens is 4. The molecule has 0 unspecified atom stereocenters. The van der Waals surface area contributed by atoms with Gasteiger partial charge in [-0.25, -0.2) is 0 Å². The number of carbonyl (C=O) groups excluding carboxylic acids is 2. The van der Waals surface area contributed by atoms with Crippen LogP contribution in [0.15, 0.2) is 42.7 Å². The van der Waals surface area contributed by atoms with Gasteiger partial charge in [0.1, 0.15) is 5.69 Å². The molecule has 154 valence electrons. The van der Waals surface area contributed by atoms with Crippen LogP contribution in [0.5, 0.6) is 0 Å². The van der Waals surface area contributed by atoms with Crippen molar-refractivity contribution in [2.75, 3.05) is 26.2 Å². The lowest BCUT2D eigenvalue weighted by molar-refractivity contribution is -0.131. The van der Waals surface area contributed by atoms with E-state index in [2.05, 4.69) is 33.5 Å². The Morgan fingerprint density at radius 2 is 2.00 bits per heavy atom. The minimum Gasteiger partial charge on any atom is -0.351 e. The molecule has 5 rings (SSSR count). The normalized spacial score (nSPS) is 16.5. The Labute approximate surface area is 174 Å². The van der Waals surface area contributed by atoms with Gasteiger partial charge < -0.3 is 14.8 Å². The molecule has 8 heteroatoms. The zero-order valence-corrected chi connectivity index (χ0v) is 16.8. The van der Waals surface area contributed by atoms with E-state index in [1.807, 2.05) is 21.9 Å². The highest BCUT2D eigenvalue weighted by Gasteiger charge is 2.23. The molecule has 2 amide bonds. The quantitative estimate of drug-likeness (QED) is 0.707. The third-order valence-electron chi connectivity index (χ3n) is 5.90. The van der Waals surface area contributed by atoms with Gasteiger partial charge in [-0.05, 0) is 36.1 Å². The van der Waals surface area contributed by atoms with Crippen LogP contribution in [-0.4, -0.2) is 67.8 Å². The van der Waals surface area contributed by atoms with Gasteiger partial charge in [0.15, 0.2) is 0 Å². The second kappa shape index (κ2) is 7.78. The van der Waals surface area contributed by atoms with Gasteiger partial charge >= 0.3 is 0 Å². The maximum atomic E-state index is 12.6. The topological polar surface area (TPSA) is 87.1 Å². The third-order valence-corrected chi connectivity index (χ3v) is 5.90. The van der Waals surface area contributed by atoms with Crippen molar-refractivity contribution in [3.63, 3.8) is 0 Å². The summed E-state index contributed by atoms with van der Waals surface area (Å²) in [6, 6.07) is 8.12. The van der Waals surface area contributed by atoms with Crippen molar-refractivity contribution in [2.24, 2.45) is 0 Å². The van der Waals surface area contributed by atoms with E-state index in [1.54, 1.807) is 17.1 Å². The number of rotatable bonds is 5. The fourth-order valence-electron chi connectivity index (χ4n) is 4.02. The summed E-state index contributed by atoms with van der Waals surface area (Å²) in [5.41, 5.74) is 3.82. The molecule has 0 radical (unpaired) electrons. The molecule has 4 heterocycles. The Balaban J connectivity index is 1.28. The van der Waals surface area contributed by atoms with Gasteiger partial charge in [0.25, 0.3) is 5.91 Å². The molecule has 1 aromatic carbocycles. The van der Waals surface area contributed by atoms with Crippen LogP contribution < -0.4 is 0 Å². The third kappa shape index (κ3) is 3.60. The number of likely N-dealkylation sites (tertiary alicyclic amines) is 1. The molecule has 0 aliphatic carbocycles. The van der Waals surface area contributed by atoms with Gasteiger partial charge in [0.05, 0.1) is 12.7 Å². The number of aryl methyl sites for hydroxylation is 1. The van der Waals surface area contributed by atoms with Crippen LogP contribution in [0.1, 0.15) is 35.3 Å². The predicted octanol–water partition coefficient (Wildman–Crippen LogP) is 2.31. The lowest BCUT2D eigenvalue weighted by atomic mass is 10.00. The van der Waals surface area contributed by atoms with Crippen LogP contribution in [-0.2, 0) is 11.3 Å². The Hall–Kier alpha value is -3.42. The highest BCUT2D eigenvalue weighted by molar-refractivity contribution is 5.99. The minimum absolute atomic E-state index is 0.0695. The molecule has 1 fully saturated rings. The van der Waals surface area contributed by atoms with Crippen molar-refractivity contribution in [1.82, 2.24) is 29.8 Å². The van der Waals surface area contributed by atoms with Gasteiger partial charge in [-0.15, -0.1) is 5.10 Å². The van der Waals surface area contributed by atoms with E-state index in [9.17, 15) is 9.59 Å². The van der Waals surface area contributed by atoms with Crippen LogP contribution in [0.25, 0.3) is 16.5 Å². The van der Waals surface area contributed by atoms with E-state index < -0.39 is 0 Å². The first-order chi connectivity index (χ1) is 14.7. The number of hydrogen-bond donors (Lipinski definition) is 1. The van der Waals surface area contributed by atoms with Crippen molar-refractivity contribution < 1.29 is 9.59 Å². The summed E-state index contributed by atoms with van der Waals surface area (Å²) in [4.78, 5) is 32.2. The number of fused-ring (bicyclic) bond motifs is 1. The standard InChI is InChI=1S/C22H24N6O2/c29-21(6-11-28-12-7-23-25-28)27-8-1-3-18(15-27)16-4-5-17-14-20(24-19(17)13-16)22(30)26-9-2-10-26/h3-5,7,12-14,24H,1-2,6,8-11,15H2. The van der Waals surface area contributed by atoms with Gasteiger partial charge in [-0.3, -0.25) is 14.3 Å². The van der Waals surface area contributed by atoms with Crippen LogP contribution in [0.2, 0.25) is 0 Å². The number of hydrogen-bond acceptors (Lipinski definition) is 4. The van der Waals surface area contributed by atoms with E-state index in [1.165, 1.54) is 0 Å².